The summed E-state index contributed by atoms with van der Waals surface area (Å²) in [6.07, 6.45) is 1.60. The highest BCUT2D eigenvalue weighted by atomic mass is 32.1. The Morgan fingerprint density at radius 2 is 2.14 bits per heavy atom. The number of aromatic nitrogens is 1. The molecule has 0 aliphatic carbocycles. The molecule has 0 spiro atoms. The number of benzene rings is 2. The second-order valence-electron chi connectivity index (χ2n) is 5.77. The van der Waals surface area contributed by atoms with Crippen LogP contribution in [0.2, 0.25) is 0 Å². The summed E-state index contributed by atoms with van der Waals surface area (Å²) in [6, 6.07) is 10.7. The molecule has 0 fully saturated rings. The van der Waals surface area contributed by atoms with Gasteiger partial charge in [0.1, 0.15) is 17.1 Å². The van der Waals surface area contributed by atoms with E-state index in [9.17, 15) is 14.9 Å². The van der Waals surface area contributed by atoms with Crippen LogP contribution in [-0.4, -0.2) is 29.2 Å². The van der Waals surface area contributed by atoms with Crippen LogP contribution < -0.4 is 10.2 Å². The van der Waals surface area contributed by atoms with Crippen molar-refractivity contribution in [3.05, 3.63) is 74.8 Å². The van der Waals surface area contributed by atoms with E-state index in [0.29, 0.717) is 10.9 Å². The molecule has 3 aromatic rings. The molecule has 0 atom stereocenters. The van der Waals surface area contributed by atoms with Gasteiger partial charge in [-0.1, -0.05) is 12.1 Å². The number of methoxy groups -OCH3 is 1. The fourth-order valence-electron chi connectivity index (χ4n) is 2.34. The van der Waals surface area contributed by atoms with E-state index in [4.69, 9.17) is 9.47 Å². The first-order valence-electron chi connectivity index (χ1n) is 8.32. The number of hydrogen-bond acceptors (Lipinski definition) is 9. The molecule has 0 unspecified atom stereocenters. The first-order chi connectivity index (χ1) is 14.0. The Kier molecular flexibility index (Phi) is 6.15. The van der Waals surface area contributed by atoms with Gasteiger partial charge in [0.05, 0.1) is 23.9 Å². The SMILES string of the molecule is COC(=O)c1cc([N+](=O)[O-])ccc1Oc1cccc(C=NNc2nc(C)cs2)c1. The summed E-state index contributed by atoms with van der Waals surface area (Å²) in [5, 5.41) is 17.7. The van der Waals surface area contributed by atoms with Crippen LogP contribution in [0.4, 0.5) is 10.8 Å². The highest BCUT2D eigenvalue weighted by Crippen LogP contribution is 2.29. The zero-order chi connectivity index (χ0) is 20.8. The number of nitro benzene ring substituents is 1. The van der Waals surface area contributed by atoms with E-state index in [0.717, 1.165) is 17.3 Å². The summed E-state index contributed by atoms with van der Waals surface area (Å²) in [4.78, 5) is 26.6. The zero-order valence-corrected chi connectivity index (χ0v) is 16.3. The van der Waals surface area contributed by atoms with Crippen LogP contribution >= 0.6 is 11.3 Å². The maximum absolute atomic E-state index is 12.0. The summed E-state index contributed by atoms with van der Waals surface area (Å²) in [7, 11) is 1.19. The number of anilines is 1. The number of hydrogen-bond donors (Lipinski definition) is 1. The number of carbonyl (C=O) groups excluding carboxylic acids is 1. The number of aryl methyl sites for hydroxylation is 1. The summed E-state index contributed by atoms with van der Waals surface area (Å²) in [6.45, 7) is 1.90. The van der Waals surface area contributed by atoms with Gasteiger partial charge >= 0.3 is 5.97 Å². The Bertz CT molecular complexity index is 1080. The molecule has 10 heteroatoms. The Labute approximate surface area is 169 Å². The van der Waals surface area contributed by atoms with Crippen molar-refractivity contribution in [3.63, 3.8) is 0 Å². The lowest BCUT2D eigenvalue weighted by atomic mass is 10.1. The topological polar surface area (TPSA) is 116 Å². The van der Waals surface area contributed by atoms with Crippen LogP contribution in [0.25, 0.3) is 0 Å². The van der Waals surface area contributed by atoms with E-state index >= 15 is 0 Å². The maximum Gasteiger partial charge on any atom is 0.341 e. The van der Waals surface area contributed by atoms with Crippen molar-refractivity contribution in [2.24, 2.45) is 5.10 Å². The van der Waals surface area contributed by atoms with E-state index in [1.54, 1.807) is 24.4 Å². The summed E-state index contributed by atoms with van der Waals surface area (Å²) >= 11 is 1.45. The minimum atomic E-state index is -0.732. The Hall–Kier alpha value is -3.79. The van der Waals surface area contributed by atoms with Crippen molar-refractivity contribution in [1.82, 2.24) is 4.98 Å². The second-order valence-corrected chi connectivity index (χ2v) is 6.63. The molecule has 148 valence electrons. The number of thiazole rings is 1. The van der Waals surface area contributed by atoms with E-state index in [2.05, 4.69) is 15.5 Å². The van der Waals surface area contributed by atoms with Gasteiger partial charge in [0.2, 0.25) is 5.13 Å². The van der Waals surface area contributed by atoms with E-state index in [-0.39, 0.29) is 17.0 Å². The van der Waals surface area contributed by atoms with Crippen LogP contribution in [0, 0.1) is 17.0 Å². The second kappa shape index (κ2) is 8.93. The molecule has 2 aromatic carbocycles. The quantitative estimate of drug-likeness (QED) is 0.265. The third-order valence-corrected chi connectivity index (χ3v) is 4.52. The average molecular weight is 412 g/mol. The molecule has 0 radical (unpaired) electrons. The molecule has 9 nitrogen and oxygen atoms in total. The van der Waals surface area contributed by atoms with Gasteiger partial charge in [-0.15, -0.1) is 11.3 Å². The molecular formula is C19H16N4O5S. The minimum Gasteiger partial charge on any atom is -0.465 e. The number of nitrogens with zero attached hydrogens (tertiary/aromatic N) is 3. The summed E-state index contributed by atoms with van der Waals surface area (Å²) in [5.41, 5.74) is 4.22. The molecule has 1 heterocycles. The Morgan fingerprint density at radius 1 is 1.31 bits per heavy atom. The molecular weight excluding hydrogens is 396 g/mol. The summed E-state index contributed by atoms with van der Waals surface area (Å²) < 4.78 is 10.5. The molecule has 1 aromatic heterocycles. The van der Waals surface area contributed by atoms with Crippen LogP contribution in [0.1, 0.15) is 21.6 Å². The molecule has 0 saturated carbocycles. The lowest BCUT2D eigenvalue weighted by Gasteiger charge is -2.10. The van der Waals surface area contributed by atoms with E-state index < -0.39 is 10.9 Å². The third kappa shape index (κ3) is 5.14. The van der Waals surface area contributed by atoms with Gasteiger partial charge in [-0.3, -0.25) is 15.5 Å². The lowest BCUT2D eigenvalue weighted by molar-refractivity contribution is -0.384. The number of hydrazone groups is 1. The van der Waals surface area contributed by atoms with Gasteiger partial charge in [0.25, 0.3) is 5.69 Å². The number of carbonyl (C=O) groups is 1. The van der Waals surface area contributed by atoms with Crippen LogP contribution in [0.15, 0.2) is 52.9 Å². The minimum absolute atomic E-state index is 0.0402. The molecule has 0 aliphatic heterocycles. The van der Waals surface area contributed by atoms with E-state index in [1.807, 2.05) is 18.4 Å². The van der Waals surface area contributed by atoms with Crippen LogP contribution in [-0.2, 0) is 4.74 Å². The molecule has 0 saturated heterocycles. The van der Waals surface area contributed by atoms with Gasteiger partial charge < -0.3 is 9.47 Å². The Balaban J connectivity index is 1.79. The fourth-order valence-corrected chi connectivity index (χ4v) is 2.98. The van der Waals surface area contributed by atoms with Gasteiger partial charge in [-0.2, -0.15) is 5.10 Å². The smallest absolute Gasteiger partial charge is 0.341 e. The largest absolute Gasteiger partial charge is 0.465 e. The third-order valence-electron chi connectivity index (χ3n) is 3.66. The van der Waals surface area contributed by atoms with Gasteiger partial charge in [0, 0.05) is 17.5 Å². The number of ether oxygens (including phenoxy) is 2. The van der Waals surface area contributed by atoms with Crippen molar-refractivity contribution in [3.8, 4) is 11.5 Å². The monoisotopic (exact) mass is 412 g/mol. The number of non-ortho nitro benzene ring substituents is 1. The van der Waals surface area contributed by atoms with Crippen LogP contribution in [0.3, 0.4) is 0 Å². The molecule has 1 N–H and O–H groups in total. The standard InChI is InChI=1S/C19H16N4O5S/c1-12-11-29-19(21-12)22-20-10-13-4-3-5-15(8-13)28-17-7-6-14(23(25)26)9-16(17)18(24)27-2/h3-11H,1-2H3,(H,21,22). The first kappa shape index (κ1) is 20.0. The first-order valence-corrected chi connectivity index (χ1v) is 9.20. The predicted octanol–water partition coefficient (Wildman–Crippen LogP) is 4.38. The van der Waals surface area contributed by atoms with E-state index in [1.165, 1.54) is 30.6 Å². The highest BCUT2D eigenvalue weighted by molar-refractivity contribution is 7.13. The number of nitrogens with one attached hydrogen (secondary N) is 1. The van der Waals surface area contributed by atoms with Crippen molar-refractivity contribution >= 4 is 34.3 Å². The highest BCUT2D eigenvalue weighted by Gasteiger charge is 2.19. The maximum atomic E-state index is 12.0. The number of esters is 1. The normalized spacial score (nSPS) is 10.7. The fraction of sp³-hybridized carbons (Fsp3) is 0.105. The number of rotatable bonds is 7. The van der Waals surface area contributed by atoms with Gasteiger partial charge in [-0.05, 0) is 30.7 Å². The molecule has 3 rings (SSSR count). The average Bonchev–Trinajstić information content (AvgIpc) is 3.13. The van der Waals surface area contributed by atoms with Crippen LogP contribution in [0.5, 0.6) is 11.5 Å². The molecule has 0 bridgehead atoms. The van der Waals surface area contributed by atoms with Gasteiger partial charge in [0.15, 0.2) is 0 Å². The predicted molar refractivity (Wildman–Crippen MR) is 109 cm³/mol. The zero-order valence-electron chi connectivity index (χ0n) is 15.5. The Morgan fingerprint density at radius 3 is 2.83 bits per heavy atom. The molecule has 0 aliphatic rings. The molecule has 0 amide bonds. The lowest BCUT2D eigenvalue weighted by Crippen LogP contribution is -2.05. The number of nitro groups is 1. The van der Waals surface area contributed by atoms with Crippen molar-refractivity contribution < 1.29 is 19.2 Å². The summed E-state index contributed by atoms with van der Waals surface area (Å²) in [5.74, 6) is -0.157. The molecule has 29 heavy (non-hydrogen) atoms. The van der Waals surface area contributed by atoms with Crippen molar-refractivity contribution in [2.45, 2.75) is 6.92 Å². The van der Waals surface area contributed by atoms with Gasteiger partial charge in [-0.25, -0.2) is 9.78 Å². The van der Waals surface area contributed by atoms with Crippen molar-refractivity contribution in [2.75, 3.05) is 12.5 Å². The van der Waals surface area contributed by atoms with Crippen molar-refractivity contribution in [1.29, 1.82) is 0 Å².